The van der Waals surface area contributed by atoms with Crippen LogP contribution in [0.25, 0.3) is 0 Å². The Balaban J connectivity index is 2.85. The Morgan fingerprint density at radius 2 is 1.95 bits per heavy atom. The molecule has 0 saturated carbocycles. The molecule has 0 spiro atoms. The molecular weight excluding hydrogens is 286 g/mol. The van der Waals surface area contributed by atoms with E-state index >= 15 is 0 Å². The molecule has 0 amide bonds. The smallest absolute Gasteiger partial charge is 0.395 e. The van der Waals surface area contributed by atoms with Crippen LogP contribution in [0.5, 0.6) is 0 Å². The summed E-state index contributed by atoms with van der Waals surface area (Å²) in [4.78, 5) is 1.18. The lowest BCUT2D eigenvalue weighted by Crippen LogP contribution is -2.33. The van der Waals surface area contributed by atoms with Crippen LogP contribution in [0.4, 0.5) is 17.6 Å². The largest absolute Gasteiger partial charge is 0.401 e. The minimum atomic E-state index is -4.28. The number of alkyl halides is 3. The van der Waals surface area contributed by atoms with Crippen molar-refractivity contribution >= 4 is 0 Å². The van der Waals surface area contributed by atoms with Gasteiger partial charge in [0.1, 0.15) is 5.82 Å². The lowest BCUT2D eigenvalue weighted by atomic mass is 10.1. The van der Waals surface area contributed by atoms with E-state index in [1.807, 2.05) is 0 Å². The van der Waals surface area contributed by atoms with Crippen molar-refractivity contribution < 1.29 is 22.7 Å². The fourth-order valence-electron chi connectivity index (χ4n) is 1.83. The minimum absolute atomic E-state index is 0.00243. The van der Waals surface area contributed by atoms with Gasteiger partial charge in [-0.1, -0.05) is 18.8 Å². The Morgan fingerprint density at radius 1 is 1.24 bits per heavy atom. The van der Waals surface area contributed by atoms with E-state index < -0.39 is 18.5 Å². The van der Waals surface area contributed by atoms with Gasteiger partial charge < -0.3 is 5.11 Å². The van der Waals surface area contributed by atoms with Gasteiger partial charge in [0, 0.05) is 18.5 Å². The molecule has 6 heteroatoms. The van der Waals surface area contributed by atoms with E-state index in [1.165, 1.54) is 17.0 Å². The third-order valence-electron chi connectivity index (χ3n) is 2.68. The molecule has 21 heavy (non-hydrogen) atoms. The highest BCUT2D eigenvalue weighted by Crippen LogP contribution is 2.18. The molecule has 1 N–H and O–H groups in total. The standard InChI is InChI=1S/C15H17F4NO/c1-2-20(11-15(17,18)19)10-13-7-12(5-3-4-6-21)8-14(16)9-13/h7-9,21H,2,4,6,10-11H2,1H3. The van der Waals surface area contributed by atoms with Gasteiger partial charge >= 0.3 is 6.18 Å². The number of halogens is 4. The summed E-state index contributed by atoms with van der Waals surface area (Å²) in [5.41, 5.74) is 0.830. The molecule has 0 saturated heterocycles. The third kappa shape index (κ3) is 7.11. The lowest BCUT2D eigenvalue weighted by molar-refractivity contribution is -0.146. The summed E-state index contributed by atoms with van der Waals surface area (Å²) in [5.74, 6) is 4.79. The maximum atomic E-state index is 13.5. The van der Waals surface area contributed by atoms with Crippen LogP contribution in [0.3, 0.4) is 0 Å². The molecule has 0 bridgehead atoms. The van der Waals surface area contributed by atoms with Crippen molar-refractivity contribution in [2.24, 2.45) is 0 Å². The van der Waals surface area contributed by atoms with Gasteiger partial charge in [0.15, 0.2) is 0 Å². The van der Waals surface area contributed by atoms with Crippen LogP contribution in [-0.4, -0.2) is 35.9 Å². The fraction of sp³-hybridized carbons (Fsp3) is 0.467. The predicted octanol–water partition coefficient (Wildman–Crippen LogP) is 2.94. The molecule has 0 atom stereocenters. The summed E-state index contributed by atoms with van der Waals surface area (Å²) in [7, 11) is 0. The molecule has 1 aromatic carbocycles. The second kappa shape index (κ2) is 8.01. The molecule has 0 unspecified atom stereocenters. The highest BCUT2D eigenvalue weighted by atomic mass is 19.4. The number of hydrogen-bond donors (Lipinski definition) is 1. The maximum Gasteiger partial charge on any atom is 0.401 e. The number of nitrogens with zero attached hydrogens (tertiary/aromatic N) is 1. The predicted molar refractivity (Wildman–Crippen MR) is 72.0 cm³/mol. The second-order valence-electron chi connectivity index (χ2n) is 4.54. The Labute approximate surface area is 121 Å². The summed E-state index contributed by atoms with van der Waals surface area (Å²) in [5, 5.41) is 8.62. The molecule has 0 aliphatic carbocycles. The summed E-state index contributed by atoms with van der Waals surface area (Å²) in [6.45, 7) is 0.701. The molecule has 1 aromatic rings. The Kier molecular flexibility index (Phi) is 6.66. The van der Waals surface area contributed by atoms with Gasteiger partial charge in [0.2, 0.25) is 0 Å². The summed E-state index contributed by atoms with van der Waals surface area (Å²) >= 11 is 0. The highest BCUT2D eigenvalue weighted by molar-refractivity contribution is 5.37. The zero-order valence-corrected chi connectivity index (χ0v) is 11.7. The van der Waals surface area contributed by atoms with Crippen molar-refractivity contribution in [1.29, 1.82) is 0 Å². The molecule has 0 aliphatic heterocycles. The van der Waals surface area contributed by atoms with E-state index in [4.69, 9.17) is 5.11 Å². The number of aliphatic hydroxyl groups excluding tert-OH is 1. The van der Waals surface area contributed by atoms with Crippen LogP contribution in [0.1, 0.15) is 24.5 Å². The quantitative estimate of drug-likeness (QED) is 0.668. The van der Waals surface area contributed by atoms with E-state index in [0.29, 0.717) is 11.1 Å². The van der Waals surface area contributed by atoms with Crippen molar-refractivity contribution in [2.75, 3.05) is 19.7 Å². The van der Waals surface area contributed by atoms with Crippen LogP contribution in [-0.2, 0) is 6.54 Å². The lowest BCUT2D eigenvalue weighted by Gasteiger charge is -2.22. The average Bonchev–Trinajstić information content (AvgIpc) is 2.36. The van der Waals surface area contributed by atoms with Crippen molar-refractivity contribution in [3.8, 4) is 11.8 Å². The Bertz CT molecular complexity index is 517. The molecule has 1 rings (SSSR count). The fourth-order valence-corrected chi connectivity index (χ4v) is 1.83. The molecule has 0 aromatic heterocycles. The Morgan fingerprint density at radius 3 is 2.52 bits per heavy atom. The van der Waals surface area contributed by atoms with Gasteiger partial charge in [-0.2, -0.15) is 13.2 Å². The highest BCUT2D eigenvalue weighted by Gasteiger charge is 2.30. The summed E-state index contributed by atoms with van der Waals surface area (Å²) < 4.78 is 50.7. The van der Waals surface area contributed by atoms with E-state index in [2.05, 4.69) is 11.8 Å². The van der Waals surface area contributed by atoms with Crippen LogP contribution >= 0.6 is 0 Å². The van der Waals surface area contributed by atoms with Crippen molar-refractivity contribution in [3.63, 3.8) is 0 Å². The normalized spacial score (nSPS) is 11.4. The van der Waals surface area contributed by atoms with Crippen molar-refractivity contribution in [2.45, 2.75) is 26.1 Å². The molecule has 0 heterocycles. The average molecular weight is 303 g/mol. The van der Waals surface area contributed by atoms with Gasteiger partial charge in [-0.05, 0) is 30.3 Å². The first-order valence-electron chi connectivity index (χ1n) is 6.52. The van der Waals surface area contributed by atoms with E-state index in [1.54, 1.807) is 13.0 Å². The first kappa shape index (κ1) is 17.5. The molecule has 0 aliphatic rings. The molecule has 116 valence electrons. The van der Waals surface area contributed by atoms with Crippen LogP contribution in [0.2, 0.25) is 0 Å². The molecule has 0 fully saturated rings. The molecular formula is C15H17F4NO. The molecule has 0 radical (unpaired) electrons. The van der Waals surface area contributed by atoms with E-state index in [9.17, 15) is 17.6 Å². The van der Waals surface area contributed by atoms with Crippen LogP contribution in [0, 0.1) is 17.7 Å². The number of benzene rings is 1. The van der Waals surface area contributed by atoms with Crippen molar-refractivity contribution in [1.82, 2.24) is 4.90 Å². The van der Waals surface area contributed by atoms with Gasteiger partial charge in [-0.25, -0.2) is 4.39 Å². The zero-order chi connectivity index (χ0) is 15.9. The third-order valence-corrected chi connectivity index (χ3v) is 2.68. The topological polar surface area (TPSA) is 23.5 Å². The second-order valence-corrected chi connectivity index (χ2v) is 4.54. The summed E-state index contributed by atoms with van der Waals surface area (Å²) in [6.07, 6.45) is -4.02. The maximum absolute atomic E-state index is 13.5. The van der Waals surface area contributed by atoms with Gasteiger partial charge in [0.05, 0.1) is 13.2 Å². The van der Waals surface area contributed by atoms with Crippen molar-refractivity contribution in [3.05, 3.63) is 35.1 Å². The summed E-state index contributed by atoms with van der Waals surface area (Å²) in [6, 6.07) is 3.98. The first-order chi connectivity index (χ1) is 9.84. The van der Waals surface area contributed by atoms with Gasteiger partial charge in [-0.15, -0.1) is 0 Å². The number of hydrogen-bond acceptors (Lipinski definition) is 2. The van der Waals surface area contributed by atoms with E-state index in [0.717, 1.165) is 0 Å². The van der Waals surface area contributed by atoms with Gasteiger partial charge in [-0.3, -0.25) is 4.90 Å². The minimum Gasteiger partial charge on any atom is -0.395 e. The number of aliphatic hydroxyl groups is 1. The van der Waals surface area contributed by atoms with Crippen LogP contribution < -0.4 is 0 Å². The van der Waals surface area contributed by atoms with Gasteiger partial charge in [0.25, 0.3) is 0 Å². The van der Waals surface area contributed by atoms with Crippen LogP contribution in [0.15, 0.2) is 18.2 Å². The zero-order valence-electron chi connectivity index (χ0n) is 11.7. The monoisotopic (exact) mass is 303 g/mol. The molecule has 2 nitrogen and oxygen atoms in total. The number of rotatable bonds is 5. The Hall–Kier alpha value is -1.58. The van der Waals surface area contributed by atoms with E-state index in [-0.39, 0.29) is 26.1 Å². The first-order valence-corrected chi connectivity index (χ1v) is 6.52. The SMILES string of the molecule is CCN(Cc1cc(F)cc(C#CCCO)c1)CC(F)(F)F.